The van der Waals surface area contributed by atoms with Crippen molar-refractivity contribution in [2.45, 2.75) is 51.1 Å². The van der Waals surface area contributed by atoms with Crippen molar-refractivity contribution in [3.63, 3.8) is 0 Å². The fourth-order valence-corrected chi connectivity index (χ4v) is 2.73. The first-order chi connectivity index (χ1) is 9.65. The molecule has 1 saturated carbocycles. The Kier molecular flexibility index (Phi) is 5.16. The molecule has 0 saturated heterocycles. The Morgan fingerprint density at radius 2 is 1.85 bits per heavy atom. The molecule has 0 aromatic heterocycles. The van der Waals surface area contributed by atoms with Crippen LogP contribution in [-0.4, -0.2) is 17.9 Å². The molecule has 1 aliphatic carbocycles. The van der Waals surface area contributed by atoms with Crippen molar-refractivity contribution in [1.82, 2.24) is 10.6 Å². The van der Waals surface area contributed by atoms with Crippen LogP contribution in [0.4, 0.5) is 0 Å². The highest BCUT2D eigenvalue weighted by atomic mass is 16.2. The summed E-state index contributed by atoms with van der Waals surface area (Å²) in [5.74, 6) is -0.105. The maximum absolute atomic E-state index is 12.1. The summed E-state index contributed by atoms with van der Waals surface area (Å²) in [5.41, 5.74) is 0.962. The lowest BCUT2D eigenvalue weighted by Crippen LogP contribution is -2.36. The Hall–Kier alpha value is -1.84. The van der Waals surface area contributed by atoms with E-state index in [4.69, 9.17) is 0 Å². The van der Waals surface area contributed by atoms with Crippen molar-refractivity contribution in [1.29, 1.82) is 0 Å². The maximum Gasteiger partial charge on any atom is 0.222 e. The number of carbonyl (C=O) groups is 2. The number of hydrogen-bond acceptors (Lipinski definition) is 2. The van der Waals surface area contributed by atoms with Gasteiger partial charge in [-0.15, -0.1) is 0 Å². The van der Waals surface area contributed by atoms with Crippen LogP contribution in [0.1, 0.15) is 50.6 Å². The van der Waals surface area contributed by atoms with Gasteiger partial charge in [0.15, 0.2) is 0 Å². The first-order valence-electron chi connectivity index (χ1n) is 7.26. The molecule has 1 unspecified atom stereocenters. The zero-order valence-electron chi connectivity index (χ0n) is 11.9. The van der Waals surface area contributed by atoms with Gasteiger partial charge < -0.3 is 10.6 Å². The number of hydrogen-bond donors (Lipinski definition) is 2. The number of rotatable bonds is 5. The van der Waals surface area contributed by atoms with E-state index in [1.54, 1.807) is 0 Å². The van der Waals surface area contributed by atoms with E-state index in [0.717, 1.165) is 18.4 Å². The highest BCUT2D eigenvalue weighted by Gasteiger charge is 2.21. The number of benzene rings is 1. The van der Waals surface area contributed by atoms with Crippen molar-refractivity contribution in [2.75, 3.05) is 0 Å². The van der Waals surface area contributed by atoms with E-state index in [1.807, 2.05) is 30.3 Å². The van der Waals surface area contributed by atoms with E-state index in [9.17, 15) is 9.59 Å². The van der Waals surface area contributed by atoms with Gasteiger partial charge in [-0.3, -0.25) is 9.59 Å². The monoisotopic (exact) mass is 274 g/mol. The zero-order chi connectivity index (χ0) is 14.4. The van der Waals surface area contributed by atoms with Crippen LogP contribution >= 0.6 is 0 Å². The molecule has 1 fully saturated rings. The molecule has 0 aliphatic heterocycles. The van der Waals surface area contributed by atoms with Crippen molar-refractivity contribution < 1.29 is 9.59 Å². The van der Waals surface area contributed by atoms with Crippen LogP contribution in [0.15, 0.2) is 30.3 Å². The van der Waals surface area contributed by atoms with Crippen molar-refractivity contribution in [3.05, 3.63) is 35.9 Å². The fraction of sp³-hybridized carbons (Fsp3) is 0.500. The van der Waals surface area contributed by atoms with Gasteiger partial charge in [0.2, 0.25) is 11.8 Å². The molecule has 1 aliphatic rings. The van der Waals surface area contributed by atoms with E-state index in [2.05, 4.69) is 10.6 Å². The highest BCUT2D eigenvalue weighted by molar-refractivity contribution is 5.79. The van der Waals surface area contributed by atoms with Crippen LogP contribution < -0.4 is 10.6 Å². The second-order valence-corrected chi connectivity index (χ2v) is 5.42. The van der Waals surface area contributed by atoms with Crippen LogP contribution in [0.2, 0.25) is 0 Å². The topological polar surface area (TPSA) is 58.2 Å². The lowest BCUT2D eigenvalue weighted by atomic mass is 10.0. The van der Waals surface area contributed by atoms with Gasteiger partial charge in [-0.2, -0.15) is 0 Å². The third kappa shape index (κ3) is 4.37. The molecule has 4 nitrogen and oxygen atoms in total. The summed E-state index contributed by atoms with van der Waals surface area (Å²) in [6.07, 6.45) is 4.82. The van der Waals surface area contributed by atoms with E-state index < -0.39 is 0 Å². The molecule has 4 heteroatoms. The van der Waals surface area contributed by atoms with E-state index in [0.29, 0.717) is 12.5 Å². The van der Waals surface area contributed by atoms with Crippen molar-refractivity contribution >= 4 is 11.8 Å². The van der Waals surface area contributed by atoms with Crippen molar-refractivity contribution in [3.8, 4) is 0 Å². The minimum atomic E-state index is -0.255. The molecule has 2 N–H and O–H groups in total. The minimum Gasteiger partial charge on any atom is -0.353 e. The van der Waals surface area contributed by atoms with Gasteiger partial charge in [0, 0.05) is 13.0 Å². The molecule has 2 rings (SSSR count). The molecule has 20 heavy (non-hydrogen) atoms. The molecule has 1 atom stereocenters. The summed E-state index contributed by atoms with van der Waals surface area (Å²) < 4.78 is 0. The molecule has 0 spiro atoms. The first kappa shape index (κ1) is 14.6. The lowest BCUT2D eigenvalue weighted by Gasteiger charge is -2.19. The Bertz CT molecular complexity index is 453. The van der Waals surface area contributed by atoms with Gasteiger partial charge in [-0.25, -0.2) is 0 Å². The van der Waals surface area contributed by atoms with E-state index in [1.165, 1.54) is 19.8 Å². The first-order valence-corrected chi connectivity index (χ1v) is 7.26. The fourth-order valence-electron chi connectivity index (χ4n) is 2.73. The maximum atomic E-state index is 12.1. The molecule has 0 bridgehead atoms. The molecule has 2 amide bonds. The second kappa shape index (κ2) is 7.08. The van der Waals surface area contributed by atoms with Gasteiger partial charge in [-0.05, 0) is 18.4 Å². The smallest absolute Gasteiger partial charge is 0.222 e. The third-order valence-electron chi connectivity index (χ3n) is 3.69. The van der Waals surface area contributed by atoms with E-state index in [-0.39, 0.29) is 17.9 Å². The van der Waals surface area contributed by atoms with Crippen molar-refractivity contribution in [2.24, 2.45) is 0 Å². The Labute approximate surface area is 119 Å². The predicted octanol–water partition coefficient (Wildman–Crippen LogP) is 2.31. The number of carbonyl (C=O) groups excluding carboxylic acids is 2. The predicted molar refractivity (Wildman–Crippen MR) is 78.0 cm³/mol. The van der Waals surface area contributed by atoms with Gasteiger partial charge >= 0.3 is 0 Å². The summed E-state index contributed by atoms with van der Waals surface area (Å²) in [7, 11) is 0. The normalized spacial score (nSPS) is 16.6. The largest absolute Gasteiger partial charge is 0.353 e. The summed E-state index contributed by atoms with van der Waals surface area (Å²) in [5, 5.41) is 5.91. The molecule has 108 valence electrons. The average Bonchev–Trinajstić information content (AvgIpc) is 2.91. The number of nitrogens with one attached hydrogen (secondary N) is 2. The molecule has 1 aromatic rings. The minimum absolute atomic E-state index is 0.0134. The Balaban J connectivity index is 1.96. The zero-order valence-corrected chi connectivity index (χ0v) is 11.9. The highest BCUT2D eigenvalue weighted by Crippen LogP contribution is 2.20. The molecule has 1 aromatic carbocycles. The van der Waals surface area contributed by atoms with Crippen LogP contribution in [0.3, 0.4) is 0 Å². The van der Waals surface area contributed by atoms with Crippen LogP contribution in [-0.2, 0) is 9.59 Å². The quantitative estimate of drug-likeness (QED) is 0.865. The molecule has 0 radical (unpaired) electrons. The Morgan fingerprint density at radius 1 is 1.20 bits per heavy atom. The summed E-state index contributed by atoms with van der Waals surface area (Å²) in [6, 6.07) is 9.68. The Morgan fingerprint density at radius 3 is 2.45 bits per heavy atom. The summed E-state index contributed by atoms with van der Waals surface area (Å²) >= 11 is 0. The summed E-state index contributed by atoms with van der Waals surface area (Å²) in [4.78, 5) is 23.4. The van der Waals surface area contributed by atoms with Gasteiger partial charge in [-0.1, -0.05) is 43.2 Å². The van der Waals surface area contributed by atoms with Gasteiger partial charge in [0.1, 0.15) is 0 Å². The number of amides is 2. The average molecular weight is 274 g/mol. The summed E-state index contributed by atoms with van der Waals surface area (Å²) in [6.45, 7) is 1.48. The van der Waals surface area contributed by atoms with E-state index >= 15 is 0 Å². The lowest BCUT2D eigenvalue weighted by molar-refractivity contribution is -0.123. The van der Waals surface area contributed by atoms with Crippen LogP contribution in [0, 0.1) is 0 Å². The second-order valence-electron chi connectivity index (χ2n) is 5.42. The molecular weight excluding hydrogens is 252 g/mol. The van der Waals surface area contributed by atoms with Gasteiger partial charge in [0.25, 0.3) is 0 Å². The van der Waals surface area contributed by atoms with Crippen LogP contribution in [0.25, 0.3) is 0 Å². The molecular formula is C16H22N2O2. The van der Waals surface area contributed by atoms with Gasteiger partial charge in [0.05, 0.1) is 12.5 Å². The third-order valence-corrected chi connectivity index (χ3v) is 3.69. The standard InChI is InChI=1S/C16H22N2O2/c1-12(19)17-15(13-7-3-2-4-8-13)11-16(20)18-14-9-5-6-10-14/h2-4,7-8,14-15H,5-6,9-11H2,1H3,(H,17,19)(H,18,20). The van der Waals surface area contributed by atoms with Crippen LogP contribution in [0.5, 0.6) is 0 Å². The SMILES string of the molecule is CC(=O)NC(CC(=O)NC1CCCC1)c1ccccc1. The molecule has 0 heterocycles.